The molecule has 5 rings (SSSR count). The Morgan fingerprint density at radius 3 is 2.94 bits per heavy atom. The highest BCUT2D eigenvalue weighted by molar-refractivity contribution is 5.98. The molecule has 0 bridgehead atoms. The summed E-state index contributed by atoms with van der Waals surface area (Å²) in [7, 11) is 0. The van der Waals surface area contributed by atoms with Gasteiger partial charge in [-0.2, -0.15) is 5.10 Å². The van der Waals surface area contributed by atoms with Gasteiger partial charge < -0.3 is 20.3 Å². The second-order valence-electron chi connectivity index (χ2n) is 7.82. The number of halogens is 2. The molecule has 1 amide bonds. The van der Waals surface area contributed by atoms with E-state index in [-0.39, 0.29) is 18.5 Å². The van der Waals surface area contributed by atoms with Crippen LogP contribution in [0.25, 0.3) is 11.0 Å². The number of amides is 1. The lowest BCUT2D eigenvalue weighted by molar-refractivity contribution is 0.0919. The van der Waals surface area contributed by atoms with E-state index in [1.807, 2.05) is 17.6 Å². The minimum absolute atomic E-state index is 0.0399. The number of carbonyl (C=O) groups is 1. The number of fused-ring (bicyclic) bond motifs is 3. The van der Waals surface area contributed by atoms with Gasteiger partial charge in [-0.15, -0.1) is 0 Å². The van der Waals surface area contributed by atoms with E-state index in [1.54, 1.807) is 18.3 Å². The van der Waals surface area contributed by atoms with Gasteiger partial charge in [0.2, 0.25) is 0 Å². The van der Waals surface area contributed by atoms with Crippen molar-refractivity contribution in [3.05, 3.63) is 77.4 Å². The molecule has 0 saturated heterocycles. The Morgan fingerprint density at radius 2 is 2.12 bits per heavy atom. The zero-order valence-electron chi connectivity index (χ0n) is 17.1. The number of nitrogens with zero attached hydrogens (tertiary/aromatic N) is 4. The Morgan fingerprint density at radius 1 is 1.28 bits per heavy atom. The van der Waals surface area contributed by atoms with Crippen LogP contribution in [0.3, 0.4) is 0 Å². The summed E-state index contributed by atoms with van der Waals surface area (Å²) in [6.45, 7) is 2.62. The number of nitrogens with one attached hydrogen (secondary N) is 2. The van der Waals surface area contributed by atoms with Crippen LogP contribution >= 0.6 is 0 Å². The minimum atomic E-state index is -1.13. The van der Waals surface area contributed by atoms with Gasteiger partial charge in [0.1, 0.15) is 23.0 Å². The molecule has 1 aliphatic heterocycles. The standard InChI is InChI=1S/C22H20F2N6O2/c1-12-8-25-22(32)19-6-13-3-5-18(28-20(13)30(12)19)21(31)27-16-9-26-29(11-16)10-14-2-4-15(23)7-17(14)24/h2-7,9,11-12,21,27,31H,8,10H2,1H3,(H,25,32)/t12-,21?/m1/s1. The quantitative estimate of drug-likeness (QED) is 0.417. The molecule has 2 atom stereocenters. The lowest BCUT2D eigenvalue weighted by Crippen LogP contribution is -2.37. The van der Waals surface area contributed by atoms with Crippen LogP contribution < -0.4 is 10.6 Å². The first kappa shape index (κ1) is 20.1. The fourth-order valence-electron chi connectivity index (χ4n) is 3.89. The molecule has 8 nitrogen and oxygen atoms in total. The number of anilines is 1. The maximum Gasteiger partial charge on any atom is 0.268 e. The van der Waals surface area contributed by atoms with Gasteiger partial charge in [0.15, 0.2) is 6.23 Å². The van der Waals surface area contributed by atoms with Crippen molar-refractivity contribution >= 4 is 22.6 Å². The van der Waals surface area contributed by atoms with Crippen LogP contribution in [0.1, 0.15) is 40.9 Å². The predicted octanol–water partition coefficient (Wildman–Crippen LogP) is 2.97. The second-order valence-corrected chi connectivity index (χ2v) is 7.82. The van der Waals surface area contributed by atoms with Crippen LogP contribution in [0.2, 0.25) is 0 Å². The van der Waals surface area contributed by atoms with Gasteiger partial charge in [-0.05, 0) is 31.2 Å². The molecule has 0 spiro atoms. The molecule has 164 valence electrons. The molecule has 1 aliphatic rings. The molecule has 1 aromatic carbocycles. The van der Waals surface area contributed by atoms with Gasteiger partial charge in [0.25, 0.3) is 5.91 Å². The number of carbonyl (C=O) groups excluding carboxylic acids is 1. The number of pyridine rings is 1. The average Bonchev–Trinajstić information content (AvgIpc) is 3.37. The molecule has 4 heterocycles. The Kier molecular flexibility index (Phi) is 4.86. The van der Waals surface area contributed by atoms with Crippen molar-refractivity contribution in [3.8, 4) is 0 Å². The maximum atomic E-state index is 13.9. The fraction of sp³-hybridized carbons (Fsp3) is 0.227. The highest BCUT2D eigenvalue weighted by Crippen LogP contribution is 2.27. The second kappa shape index (κ2) is 7.72. The fourth-order valence-corrected chi connectivity index (χ4v) is 3.89. The van der Waals surface area contributed by atoms with E-state index in [0.717, 1.165) is 11.5 Å². The summed E-state index contributed by atoms with van der Waals surface area (Å²) in [5.41, 5.74) is 2.36. The monoisotopic (exact) mass is 438 g/mol. The first-order valence-electron chi connectivity index (χ1n) is 10.1. The van der Waals surface area contributed by atoms with Crippen LogP contribution in [0.15, 0.2) is 48.8 Å². The molecule has 1 unspecified atom stereocenters. The molecule has 0 fully saturated rings. The molecular formula is C22H20F2N6O2. The van der Waals surface area contributed by atoms with Crippen LogP contribution in [-0.2, 0) is 6.54 Å². The molecule has 10 heteroatoms. The number of hydrogen-bond acceptors (Lipinski definition) is 5. The van der Waals surface area contributed by atoms with Crippen molar-refractivity contribution in [2.45, 2.75) is 25.7 Å². The lowest BCUT2D eigenvalue weighted by atomic mass is 10.2. The zero-order chi connectivity index (χ0) is 22.4. The molecule has 0 saturated carbocycles. The Bertz CT molecular complexity index is 1330. The summed E-state index contributed by atoms with van der Waals surface area (Å²) in [6.07, 6.45) is 1.98. The van der Waals surface area contributed by atoms with Gasteiger partial charge in [0.05, 0.1) is 30.2 Å². The average molecular weight is 438 g/mol. The summed E-state index contributed by atoms with van der Waals surface area (Å²) in [5.74, 6) is -1.43. The summed E-state index contributed by atoms with van der Waals surface area (Å²) in [6, 6.07) is 8.72. The van der Waals surface area contributed by atoms with Crippen molar-refractivity contribution < 1.29 is 18.7 Å². The van der Waals surface area contributed by atoms with Crippen molar-refractivity contribution in [1.29, 1.82) is 0 Å². The molecule has 32 heavy (non-hydrogen) atoms. The number of aromatic nitrogens is 4. The third-order valence-corrected chi connectivity index (χ3v) is 5.50. The smallest absolute Gasteiger partial charge is 0.268 e. The topological polar surface area (TPSA) is 97.0 Å². The van der Waals surface area contributed by atoms with Crippen molar-refractivity contribution in [3.63, 3.8) is 0 Å². The van der Waals surface area contributed by atoms with Crippen LogP contribution in [0.4, 0.5) is 14.5 Å². The summed E-state index contributed by atoms with van der Waals surface area (Å²) in [4.78, 5) is 16.7. The first-order chi connectivity index (χ1) is 15.4. The van der Waals surface area contributed by atoms with Crippen LogP contribution in [-0.4, -0.2) is 36.9 Å². The van der Waals surface area contributed by atoms with Crippen LogP contribution in [0, 0.1) is 11.6 Å². The van der Waals surface area contributed by atoms with Gasteiger partial charge in [-0.25, -0.2) is 13.8 Å². The van der Waals surface area contributed by atoms with Crippen molar-refractivity contribution in [1.82, 2.24) is 24.6 Å². The van der Waals surface area contributed by atoms with E-state index in [2.05, 4.69) is 20.7 Å². The van der Waals surface area contributed by atoms with Gasteiger partial charge in [-0.3, -0.25) is 9.48 Å². The van der Waals surface area contributed by atoms with Gasteiger partial charge in [0, 0.05) is 29.8 Å². The SMILES string of the molecule is C[C@@H]1CNC(=O)c2cc3ccc(C(O)Nc4cnn(Cc5ccc(F)cc5F)c4)nc3n21. The van der Waals surface area contributed by atoms with Gasteiger partial charge in [-0.1, -0.05) is 6.07 Å². The molecule has 0 aliphatic carbocycles. The van der Waals surface area contributed by atoms with E-state index >= 15 is 0 Å². The number of aliphatic hydroxyl groups excluding tert-OH is 1. The highest BCUT2D eigenvalue weighted by atomic mass is 19.1. The normalized spacial score (nSPS) is 16.6. The number of benzene rings is 1. The maximum absolute atomic E-state index is 13.9. The third-order valence-electron chi connectivity index (χ3n) is 5.50. The summed E-state index contributed by atoms with van der Waals surface area (Å²) in [5, 5.41) is 21.4. The van der Waals surface area contributed by atoms with Crippen molar-refractivity contribution in [2.75, 3.05) is 11.9 Å². The molecule has 0 radical (unpaired) electrons. The number of rotatable bonds is 5. The van der Waals surface area contributed by atoms with E-state index < -0.39 is 17.9 Å². The lowest BCUT2D eigenvalue weighted by Gasteiger charge is -2.23. The molecule has 4 aromatic rings. The molecule has 3 N–H and O–H groups in total. The summed E-state index contributed by atoms with van der Waals surface area (Å²) >= 11 is 0. The first-order valence-corrected chi connectivity index (χ1v) is 10.1. The number of aliphatic hydroxyl groups is 1. The van der Waals surface area contributed by atoms with E-state index in [1.165, 1.54) is 23.0 Å². The zero-order valence-corrected chi connectivity index (χ0v) is 17.1. The Hall–Kier alpha value is -3.79. The largest absolute Gasteiger partial charge is 0.368 e. The highest BCUT2D eigenvalue weighted by Gasteiger charge is 2.25. The third kappa shape index (κ3) is 3.58. The minimum Gasteiger partial charge on any atom is -0.368 e. The molecular weight excluding hydrogens is 418 g/mol. The summed E-state index contributed by atoms with van der Waals surface area (Å²) < 4.78 is 30.3. The van der Waals surface area contributed by atoms with E-state index in [0.29, 0.717) is 34.8 Å². The number of hydrogen-bond donors (Lipinski definition) is 3. The Labute approximate surface area is 181 Å². The van der Waals surface area contributed by atoms with E-state index in [9.17, 15) is 18.7 Å². The van der Waals surface area contributed by atoms with Crippen molar-refractivity contribution in [2.24, 2.45) is 0 Å². The van der Waals surface area contributed by atoms with Gasteiger partial charge >= 0.3 is 0 Å². The Balaban J connectivity index is 1.36. The predicted molar refractivity (Wildman–Crippen MR) is 113 cm³/mol. The molecule has 3 aromatic heterocycles. The van der Waals surface area contributed by atoms with E-state index in [4.69, 9.17) is 0 Å². The van der Waals surface area contributed by atoms with Crippen LogP contribution in [0.5, 0.6) is 0 Å².